The highest BCUT2D eigenvalue weighted by Crippen LogP contribution is 2.25. The van der Waals surface area contributed by atoms with E-state index in [-0.39, 0.29) is 23.9 Å². The molecule has 6 heteroatoms. The van der Waals surface area contributed by atoms with E-state index in [1.165, 1.54) is 13.2 Å². The second-order valence-corrected chi connectivity index (χ2v) is 4.63. The largest absolute Gasteiger partial charge is 0.494 e. The van der Waals surface area contributed by atoms with Crippen LogP contribution in [0.4, 0.5) is 9.18 Å². The average molecular weight is 267 g/mol. The molecule has 2 rings (SSSR count). The number of methoxy groups -OCH3 is 1. The number of nitrogens with two attached hydrogens (primary N) is 1. The lowest BCUT2D eigenvalue weighted by Crippen LogP contribution is -2.40. The fraction of sp³-hybridized carbons (Fsp3) is 0.462. The van der Waals surface area contributed by atoms with Crippen LogP contribution in [0.5, 0.6) is 5.75 Å². The molecule has 19 heavy (non-hydrogen) atoms. The summed E-state index contributed by atoms with van der Waals surface area (Å²) in [5.41, 5.74) is 6.28. The minimum Gasteiger partial charge on any atom is -0.494 e. The van der Waals surface area contributed by atoms with Crippen molar-refractivity contribution < 1.29 is 13.9 Å². The van der Waals surface area contributed by atoms with Crippen LogP contribution in [0.3, 0.4) is 0 Å². The number of halogens is 1. The molecule has 1 aliphatic heterocycles. The monoisotopic (exact) mass is 267 g/mol. The Labute approximate surface area is 111 Å². The van der Waals surface area contributed by atoms with E-state index in [4.69, 9.17) is 10.5 Å². The molecule has 1 fully saturated rings. The van der Waals surface area contributed by atoms with E-state index in [0.717, 1.165) is 5.56 Å². The summed E-state index contributed by atoms with van der Waals surface area (Å²) in [6.07, 6.45) is 0. The quantitative estimate of drug-likeness (QED) is 0.862. The van der Waals surface area contributed by atoms with Gasteiger partial charge in [0.05, 0.1) is 13.2 Å². The number of hydrogen-bond acceptors (Lipinski definition) is 3. The highest BCUT2D eigenvalue weighted by atomic mass is 19.1. The predicted octanol–water partition coefficient (Wildman–Crippen LogP) is 1.25. The molecule has 1 aromatic rings. The maximum atomic E-state index is 13.7. The first-order valence-electron chi connectivity index (χ1n) is 6.17. The van der Waals surface area contributed by atoms with Gasteiger partial charge >= 0.3 is 6.03 Å². The summed E-state index contributed by atoms with van der Waals surface area (Å²) in [5, 5.41) is 2.82. The topological polar surface area (TPSA) is 67.6 Å². The zero-order valence-corrected chi connectivity index (χ0v) is 11.0. The third kappa shape index (κ3) is 2.63. The van der Waals surface area contributed by atoms with Gasteiger partial charge in [-0.2, -0.15) is 0 Å². The summed E-state index contributed by atoms with van der Waals surface area (Å²) in [7, 11) is 1.42. The van der Waals surface area contributed by atoms with Crippen molar-refractivity contribution in [2.24, 2.45) is 5.73 Å². The van der Waals surface area contributed by atoms with Gasteiger partial charge in [0.15, 0.2) is 11.6 Å². The van der Waals surface area contributed by atoms with Crippen LogP contribution in [0.25, 0.3) is 0 Å². The van der Waals surface area contributed by atoms with Crippen molar-refractivity contribution in [2.75, 3.05) is 20.2 Å². The molecule has 0 aromatic heterocycles. The van der Waals surface area contributed by atoms with Gasteiger partial charge in [0.2, 0.25) is 0 Å². The van der Waals surface area contributed by atoms with Crippen LogP contribution >= 0.6 is 0 Å². The molecule has 0 saturated carbocycles. The van der Waals surface area contributed by atoms with E-state index in [1.807, 2.05) is 6.92 Å². The van der Waals surface area contributed by atoms with Crippen molar-refractivity contribution in [3.63, 3.8) is 0 Å². The summed E-state index contributed by atoms with van der Waals surface area (Å²) in [5.74, 6) is -0.236. The average Bonchev–Trinajstić information content (AvgIpc) is 2.80. The smallest absolute Gasteiger partial charge is 0.318 e. The maximum absolute atomic E-state index is 13.7. The third-order valence-electron chi connectivity index (χ3n) is 3.39. The zero-order chi connectivity index (χ0) is 14.0. The van der Waals surface area contributed by atoms with Crippen molar-refractivity contribution in [1.82, 2.24) is 10.2 Å². The number of hydrogen-bond donors (Lipinski definition) is 2. The summed E-state index contributed by atoms with van der Waals surface area (Å²) in [4.78, 5) is 13.5. The molecule has 0 bridgehead atoms. The second kappa shape index (κ2) is 5.44. The lowest BCUT2D eigenvalue weighted by Gasteiger charge is -2.21. The number of amides is 2. The molecule has 104 valence electrons. The lowest BCUT2D eigenvalue weighted by molar-refractivity contribution is 0.203. The van der Waals surface area contributed by atoms with Gasteiger partial charge in [-0.1, -0.05) is 6.07 Å². The minimum absolute atomic E-state index is 0.0342. The first-order chi connectivity index (χ1) is 9.06. The molecular weight excluding hydrogens is 249 g/mol. The molecule has 1 heterocycles. The van der Waals surface area contributed by atoms with Crippen molar-refractivity contribution >= 4 is 6.03 Å². The molecule has 1 saturated heterocycles. The molecule has 0 radical (unpaired) electrons. The first-order valence-corrected chi connectivity index (χ1v) is 6.17. The van der Waals surface area contributed by atoms with E-state index < -0.39 is 5.82 Å². The molecule has 2 amide bonds. The zero-order valence-electron chi connectivity index (χ0n) is 11.0. The predicted molar refractivity (Wildman–Crippen MR) is 69.4 cm³/mol. The molecule has 5 nitrogen and oxygen atoms in total. The fourth-order valence-electron chi connectivity index (χ4n) is 2.15. The third-order valence-corrected chi connectivity index (χ3v) is 3.39. The summed E-state index contributed by atoms with van der Waals surface area (Å²) in [6, 6.07) is 4.28. The summed E-state index contributed by atoms with van der Waals surface area (Å²) < 4.78 is 18.5. The second-order valence-electron chi connectivity index (χ2n) is 4.63. The maximum Gasteiger partial charge on any atom is 0.318 e. The van der Waals surface area contributed by atoms with Gasteiger partial charge < -0.3 is 20.7 Å². The van der Waals surface area contributed by atoms with Gasteiger partial charge in [-0.05, 0) is 24.6 Å². The van der Waals surface area contributed by atoms with Crippen LogP contribution in [-0.4, -0.2) is 37.2 Å². The van der Waals surface area contributed by atoms with Crippen LogP contribution < -0.4 is 15.8 Å². The normalized spacial score (nSPS) is 20.3. The lowest BCUT2D eigenvalue weighted by atomic mass is 10.1. The van der Waals surface area contributed by atoms with Gasteiger partial charge in [-0.3, -0.25) is 0 Å². The Hall–Kier alpha value is -1.82. The van der Waals surface area contributed by atoms with Crippen LogP contribution in [0, 0.1) is 5.82 Å². The molecule has 1 aliphatic rings. The van der Waals surface area contributed by atoms with E-state index in [1.54, 1.807) is 17.0 Å². The van der Waals surface area contributed by atoms with Crippen LogP contribution in [-0.2, 0) is 0 Å². The Kier molecular flexibility index (Phi) is 3.90. The molecule has 2 atom stereocenters. The number of carbonyl (C=O) groups excluding carboxylic acids is 1. The van der Waals surface area contributed by atoms with Crippen LogP contribution in [0.1, 0.15) is 18.5 Å². The Bertz CT molecular complexity index is 481. The Morgan fingerprint density at radius 3 is 2.95 bits per heavy atom. The summed E-state index contributed by atoms with van der Waals surface area (Å²) >= 11 is 0. The Morgan fingerprint density at radius 2 is 2.37 bits per heavy atom. The molecule has 2 unspecified atom stereocenters. The van der Waals surface area contributed by atoms with E-state index in [2.05, 4.69) is 5.32 Å². The fourth-order valence-corrected chi connectivity index (χ4v) is 2.15. The SMILES string of the molecule is COc1ccc(C2CN(C(C)CN)C(=O)N2)cc1F. The van der Waals surface area contributed by atoms with Crippen LogP contribution in [0.2, 0.25) is 0 Å². The first kappa shape index (κ1) is 13.6. The number of nitrogens with zero attached hydrogens (tertiary/aromatic N) is 1. The van der Waals surface area contributed by atoms with Gasteiger partial charge in [0.25, 0.3) is 0 Å². The van der Waals surface area contributed by atoms with E-state index >= 15 is 0 Å². The number of benzene rings is 1. The molecule has 1 aromatic carbocycles. The van der Waals surface area contributed by atoms with E-state index in [9.17, 15) is 9.18 Å². The number of ether oxygens (including phenoxy) is 1. The number of rotatable bonds is 4. The standard InChI is InChI=1S/C13H18FN3O2/c1-8(6-15)17-7-11(16-13(17)18)9-3-4-12(19-2)10(14)5-9/h3-5,8,11H,6-7,15H2,1-2H3,(H,16,18). The minimum atomic E-state index is -0.431. The van der Waals surface area contributed by atoms with Gasteiger partial charge in [0.1, 0.15) is 0 Å². The molecule has 3 N–H and O–H groups in total. The van der Waals surface area contributed by atoms with Crippen molar-refractivity contribution in [3.05, 3.63) is 29.6 Å². The van der Waals surface area contributed by atoms with E-state index in [0.29, 0.717) is 13.1 Å². The Balaban J connectivity index is 2.16. The van der Waals surface area contributed by atoms with Gasteiger partial charge in [0, 0.05) is 19.1 Å². The van der Waals surface area contributed by atoms with Crippen molar-refractivity contribution in [2.45, 2.75) is 19.0 Å². The van der Waals surface area contributed by atoms with Crippen molar-refractivity contribution in [1.29, 1.82) is 0 Å². The van der Waals surface area contributed by atoms with Gasteiger partial charge in [-0.25, -0.2) is 9.18 Å². The number of urea groups is 1. The highest BCUT2D eigenvalue weighted by molar-refractivity contribution is 5.77. The Morgan fingerprint density at radius 1 is 1.63 bits per heavy atom. The number of nitrogens with one attached hydrogen (secondary N) is 1. The molecule has 0 spiro atoms. The van der Waals surface area contributed by atoms with Crippen LogP contribution in [0.15, 0.2) is 18.2 Å². The molecule has 0 aliphatic carbocycles. The molecular formula is C13H18FN3O2. The van der Waals surface area contributed by atoms with Gasteiger partial charge in [-0.15, -0.1) is 0 Å². The van der Waals surface area contributed by atoms with Crippen molar-refractivity contribution in [3.8, 4) is 5.75 Å². The number of carbonyl (C=O) groups is 1. The summed E-state index contributed by atoms with van der Waals surface area (Å²) in [6.45, 7) is 2.77. The highest BCUT2D eigenvalue weighted by Gasteiger charge is 2.32.